The molecular weight excluding hydrogens is 306 g/mol. The van der Waals surface area contributed by atoms with Crippen LogP contribution >= 0.6 is 0 Å². The number of hydrogen-bond acceptors (Lipinski definition) is 4. The Morgan fingerprint density at radius 2 is 1.83 bits per heavy atom. The molecule has 0 aliphatic rings. The number of benzene rings is 1. The third kappa shape index (κ3) is 4.85. The van der Waals surface area contributed by atoms with E-state index in [0.717, 1.165) is 5.56 Å². The van der Waals surface area contributed by atoms with Gasteiger partial charge in [-0.2, -0.15) is 0 Å². The quantitative estimate of drug-likeness (QED) is 0.675. The molecule has 134 valence electrons. The van der Waals surface area contributed by atoms with E-state index in [0.29, 0.717) is 23.3 Å². The lowest BCUT2D eigenvalue weighted by Crippen LogP contribution is -2.42. The Morgan fingerprint density at radius 1 is 1.17 bits per heavy atom. The molecule has 6 heteroatoms. The van der Waals surface area contributed by atoms with E-state index < -0.39 is 6.10 Å². The van der Waals surface area contributed by atoms with Gasteiger partial charge in [0.1, 0.15) is 24.0 Å². The first-order valence-electron chi connectivity index (χ1n) is 8.28. The Morgan fingerprint density at radius 3 is 2.42 bits per heavy atom. The number of fused-ring (bicyclic) bond motifs is 1. The summed E-state index contributed by atoms with van der Waals surface area (Å²) in [5.41, 5.74) is 1.99. The number of β-amino-alcohol motifs (C(OH)–C–C–N with tert-alkyl or cyclic N) is 1. The number of hydrogen-bond donors (Lipinski definition) is 4. The Kier molecular flexibility index (Phi) is 5.11. The number of rotatable bonds is 5. The van der Waals surface area contributed by atoms with Gasteiger partial charge >= 0.3 is 5.69 Å². The molecule has 1 aromatic carbocycles. The number of aliphatic hydroxyl groups is 1. The Bertz CT molecular complexity index is 747. The molecule has 0 fully saturated rings. The highest BCUT2D eigenvalue weighted by molar-refractivity contribution is 5.82. The second kappa shape index (κ2) is 6.61. The van der Waals surface area contributed by atoms with Crippen LogP contribution in [0.25, 0.3) is 11.0 Å². The average Bonchev–Trinajstić information content (AvgIpc) is 2.80. The van der Waals surface area contributed by atoms with Crippen LogP contribution in [-0.4, -0.2) is 39.9 Å². The van der Waals surface area contributed by atoms with Crippen molar-refractivity contribution in [3.05, 3.63) is 28.2 Å². The minimum atomic E-state index is -0.636. The Labute approximate surface area is 142 Å². The van der Waals surface area contributed by atoms with Crippen molar-refractivity contribution in [3.63, 3.8) is 0 Å². The summed E-state index contributed by atoms with van der Waals surface area (Å²) in [7, 11) is 0. The molecule has 4 N–H and O–H groups in total. The summed E-state index contributed by atoms with van der Waals surface area (Å²) in [6, 6.07) is 3.88. The zero-order chi connectivity index (χ0) is 18.1. The predicted octanol–water partition coefficient (Wildman–Crippen LogP) is 2.28. The van der Waals surface area contributed by atoms with Gasteiger partial charge < -0.3 is 25.1 Å². The van der Waals surface area contributed by atoms with Gasteiger partial charge in [-0.1, -0.05) is 20.8 Å². The van der Waals surface area contributed by atoms with Crippen molar-refractivity contribution < 1.29 is 9.84 Å². The standard InChI is InChI=1S/C18H29N3O3/c1-17(2,3)11-7-13-15(21-16(23)20-13)14(8-11)24-10-12(22)9-19-18(4,5)6/h7-8,12,19,22H,9-10H2,1-6H3,(H2,20,21,23). The normalized spacial score (nSPS) is 14.1. The molecule has 1 unspecified atom stereocenters. The van der Waals surface area contributed by atoms with E-state index in [-0.39, 0.29) is 23.3 Å². The Hall–Kier alpha value is -1.79. The van der Waals surface area contributed by atoms with Crippen molar-refractivity contribution in [2.24, 2.45) is 0 Å². The first-order chi connectivity index (χ1) is 11.0. The molecule has 0 saturated heterocycles. The van der Waals surface area contributed by atoms with Gasteiger partial charge in [0.15, 0.2) is 0 Å². The summed E-state index contributed by atoms with van der Waals surface area (Å²) < 4.78 is 5.82. The van der Waals surface area contributed by atoms with Crippen LogP contribution in [0.1, 0.15) is 47.1 Å². The van der Waals surface area contributed by atoms with E-state index in [2.05, 4.69) is 36.1 Å². The number of aliphatic hydroxyl groups excluding tert-OH is 1. The monoisotopic (exact) mass is 335 g/mol. The minimum absolute atomic E-state index is 0.0632. The lowest BCUT2D eigenvalue weighted by molar-refractivity contribution is 0.101. The lowest BCUT2D eigenvalue weighted by atomic mass is 9.86. The fraction of sp³-hybridized carbons (Fsp3) is 0.611. The number of aromatic amines is 2. The lowest BCUT2D eigenvalue weighted by Gasteiger charge is -2.23. The van der Waals surface area contributed by atoms with Crippen LogP contribution in [0.4, 0.5) is 0 Å². The highest BCUT2D eigenvalue weighted by atomic mass is 16.5. The molecule has 1 atom stereocenters. The van der Waals surface area contributed by atoms with Crippen LogP contribution < -0.4 is 15.7 Å². The molecule has 0 bridgehead atoms. The van der Waals surface area contributed by atoms with Gasteiger partial charge in [0.05, 0.1) is 5.52 Å². The SMILES string of the molecule is CC(C)(C)NCC(O)COc1cc(C(C)(C)C)cc2[nH]c(=O)[nH]c12. The van der Waals surface area contributed by atoms with Crippen molar-refractivity contribution in [3.8, 4) is 5.75 Å². The molecule has 0 saturated carbocycles. The molecule has 0 aliphatic carbocycles. The Balaban J connectivity index is 2.19. The second-order valence-corrected chi connectivity index (χ2v) is 8.32. The summed E-state index contributed by atoms with van der Waals surface area (Å²) in [5, 5.41) is 13.4. The van der Waals surface area contributed by atoms with E-state index in [1.54, 1.807) is 0 Å². The third-order valence-corrected chi connectivity index (χ3v) is 3.75. The van der Waals surface area contributed by atoms with Crippen molar-refractivity contribution in [1.29, 1.82) is 0 Å². The molecular formula is C18H29N3O3. The predicted molar refractivity (Wildman–Crippen MR) is 96.9 cm³/mol. The molecule has 0 radical (unpaired) electrons. The van der Waals surface area contributed by atoms with Gasteiger partial charge in [-0.25, -0.2) is 4.79 Å². The molecule has 2 rings (SSSR count). The third-order valence-electron chi connectivity index (χ3n) is 3.75. The van der Waals surface area contributed by atoms with Crippen LogP contribution in [0.3, 0.4) is 0 Å². The van der Waals surface area contributed by atoms with Gasteiger partial charge in [0.2, 0.25) is 0 Å². The number of imidazole rings is 1. The molecule has 2 aromatic rings. The summed E-state index contributed by atoms with van der Waals surface area (Å²) in [4.78, 5) is 17.2. The number of ether oxygens (including phenoxy) is 1. The van der Waals surface area contributed by atoms with E-state index in [1.165, 1.54) is 0 Å². The van der Waals surface area contributed by atoms with Crippen molar-refractivity contribution in [2.75, 3.05) is 13.2 Å². The van der Waals surface area contributed by atoms with Gasteiger partial charge in [-0.15, -0.1) is 0 Å². The summed E-state index contributed by atoms with van der Waals surface area (Å²) in [6.45, 7) is 13.0. The summed E-state index contributed by atoms with van der Waals surface area (Å²) >= 11 is 0. The smallest absolute Gasteiger partial charge is 0.323 e. The van der Waals surface area contributed by atoms with E-state index in [4.69, 9.17) is 4.74 Å². The highest BCUT2D eigenvalue weighted by Crippen LogP contribution is 2.31. The van der Waals surface area contributed by atoms with Crippen molar-refractivity contribution in [2.45, 2.75) is 58.6 Å². The van der Waals surface area contributed by atoms with Crippen LogP contribution in [0.5, 0.6) is 5.75 Å². The zero-order valence-electron chi connectivity index (χ0n) is 15.4. The van der Waals surface area contributed by atoms with Gasteiger partial charge in [-0.3, -0.25) is 0 Å². The van der Waals surface area contributed by atoms with Crippen molar-refractivity contribution in [1.82, 2.24) is 15.3 Å². The minimum Gasteiger partial charge on any atom is -0.489 e. The molecule has 0 spiro atoms. The fourth-order valence-corrected chi connectivity index (χ4v) is 2.33. The van der Waals surface area contributed by atoms with Crippen LogP contribution in [0, 0.1) is 0 Å². The van der Waals surface area contributed by atoms with Gasteiger partial charge in [0.25, 0.3) is 0 Å². The van der Waals surface area contributed by atoms with E-state index in [1.807, 2.05) is 32.9 Å². The second-order valence-electron chi connectivity index (χ2n) is 8.32. The molecule has 0 amide bonds. The van der Waals surface area contributed by atoms with Gasteiger partial charge in [-0.05, 0) is 43.9 Å². The molecule has 1 heterocycles. The van der Waals surface area contributed by atoms with Crippen LogP contribution in [0.15, 0.2) is 16.9 Å². The van der Waals surface area contributed by atoms with Gasteiger partial charge in [0, 0.05) is 12.1 Å². The van der Waals surface area contributed by atoms with E-state index in [9.17, 15) is 9.90 Å². The molecule has 0 aliphatic heterocycles. The molecule has 1 aromatic heterocycles. The highest BCUT2D eigenvalue weighted by Gasteiger charge is 2.19. The zero-order valence-corrected chi connectivity index (χ0v) is 15.4. The number of nitrogens with one attached hydrogen (secondary N) is 3. The maximum atomic E-state index is 11.6. The number of aromatic nitrogens is 2. The van der Waals surface area contributed by atoms with Crippen LogP contribution in [-0.2, 0) is 5.41 Å². The summed E-state index contributed by atoms with van der Waals surface area (Å²) in [6.07, 6.45) is -0.636. The maximum absolute atomic E-state index is 11.6. The maximum Gasteiger partial charge on any atom is 0.323 e. The average molecular weight is 335 g/mol. The summed E-state index contributed by atoms with van der Waals surface area (Å²) in [5.74, 6) is 0.575. The number of H-pyrrole nitrogens is 2. The first-order valence-corrected chi connectivity index (χ1v) is 8.28. The topological polar surface area (TPSA) is 90.1 Å². The van der Waals surface area contributed by atoms with Crippen LogP contribution in [0.2, 0.25) is 0 Å². The van der Waals surface area contributed by atoms with Crippen molar-refractivity contribution >= 4 is 11.0 Å². The largest absolute Gasteiger partial charge is 0.489 e. The molecule has 24 heavy (non-hydrogen) atoms. The fourth-order valence-electron chi connectivity index (χ4n) is 2.33. The first kappa shape index (κ1) is 18.5. The molecule has 6 nitrogen and oxygen atoms in total. The van der Waals surface area contributed by atoms with E-state index >= 15 is 0 Å².